The lowest BCUT2D eigenvalue weighted by Crippen LogP contribution is -2.45. The van der Waals surface area contributed by atoms with E-state index in [2.05, 4.69) is 10.6 Å². The maximum Gasteiger partial charge on any atom is 0.273 e. The standard InChI is InChI=1S/C13H17N3O4/c1-9-2-3-10(6-12(9)16(18)19)13(17)15-8-11-7-14-4-5-20-11/h2-3,6,11,14H,4-5,7-8H2,1H3,(H,15,17). The number of nitrogens with zero attached hydrogens (tertiary/aromatic N) is 1. The second-order valence-electron chi connectivity index (χ2n) is 4.67. The zero-order chi connectivity index (χ0) is 14.5. The number of nitro benzene ring substituents is 1. The summed E-state index contributed by atoms with van der Waals surface area (Å²) in [5, 5.41) is 16.7. The number of hydrogen-bond donors (Lipinski definition) is 2. The van der Waals surface area contributed by atoms with Crippen molar-refractivity contribution in [2.45, 2.75) is 13.0 Å². The summed E-state index contributed by atoms with van der Waals surface area (Å²) in [5.74, 6) is -0.331. The maximum absolute atomic E-state index is 12.0. The maximum atomic E-state index is 12.0. The van der Waals surface area contributed by atoms with Crippen molar-refractivity contribution in [3.8, 4) is 0 Å². The smallest absolute Gasteiger partial charge is 0.273 e. The SMILES string of the molecule is Cc1ccc(C(=O)NCC2CNCCO2)cc1[N+](=O)[O-]. The fourth-order valence-electron chi connectivity index (χ4n) is 2.01. The van der Waals surface area contributed by atoms with E-state index in [1.54, 1.807) is 19.1 Å². The molecule has 1 aromatic carbocycles. The molecule has 2 rings (SSSR count). The highest BCUT2D eigenvalue weighted by atomic mass is 16.6. The molecule has 1 aromatic rings. The summed E-state index contributed by atoms with van der Waals surface area (Å²) in [4.78, 5) is 22.3. The number of aryl methyl sites for hydroxylation is 1. The number of nitrogens with one attached hydrogen (secondary N) is 2. The second-order valence-corrected chi connectivity index (χ2v) is 4.67. The van der Waals surface area contributed by atoms with E-state index in [1.165, 1.54) is 6.07 Å². The summed E-state index contributed by atoms with van der Waals surface area (Å²) in [7, 11) is 0. The first-order valence-corrected chi connectivity index (χ1v) is 6.43. The predicted molar refractivity (Wildman–Crippen MR) is 72.8 cm³/mol. The third-order valence-corrected chi connectivity index (χ3v) is 3.16. The molecule has 7 nitrogen and oxygen atoms in total. The molecule has 108 valence electrons. The normalized spacial score (nSPS) is 18.6. The molecule has 1 unspecified atom stereocenters. The van der Waals surface area contributed by atoms with Crippen molar-refractivity contribution in [1.82, 2.24) is 10.6 Å². The van der Waals surface area contributed by atoms with Crippen molar-refractivity contribution in [3.63, 3.8) is 0 Å². The van der Waals surface area contributed by atoms with Gasteiger partial charge in [0.05, 0.1) is 17.6 Å². The molecule has 1 saturated heterocycles. The van der Waals surface area contributed by atoms with Crippen LogP contribution in [0.15, 0.2) is 18.2 Å². The van der Waals surface area contributed by atoms with Crippen molar-refractivity contribution >= 4 is 11.6 Å². The topological polar surface area (TPSA) is 93.5 Å². The zero-order valence-electron chi connectivity index (χ0n) is 11.2. The summed E-state index contributed by atoms with van der Waals surface area (Å²) in [6, 6.07) is 4.45. The van der Waals surface area contributed by atoms with Gasteiger partial charge in [0.15, 0.2) is 0 Å². The van der Waals surface area contributed by atoms with Crippen LogP contribution in [0.2, 0.25) is 0 Å². The molecule has 1 aliphatic heterocycles. The van der Waals surface area contributed by atoms with Crippen LogP contribution < -0.4 is 10.6 Å². The van der Waals surface area contributed by atoms with E-state index in [0.717, 1.165) is 6.54 Å². The summed E-state index contributed by atoms with van der Waals surface area (Å²) in [6.07, 6.45) is -0.0619. The summed E-state index contributed by atoms with van der Waals surface area (Å²) in [5.41, 5.74) is 0.769. The molecule has 7 heteroatoms. The van der Waals surface area contributed by atoms with Crippen molar-refractivity contribution in [1.29, 1.82) is 0 Å². The van der Waals surface area contributed by atoms with Gasteiger partial charge in [0.1, 0.15) is 0 Å². The Hall–Kier alpha value is -1.99. The molecule has 0 aromatic heterocycles. The first kappa shape index (κ1) is 14.4. The van der Waals surface area contributed by atoms with Gasteiger partial charge in [0.2, 0.25) is 0 Å². The molecule has 1 fully saturated rings. The highest BCUT2D eigenvalue weighted by molar-refractivity contribution is 5.95. The fraction of sp³-hybridized carbons (Fsp3) is 0.462. The Morgan fingerprint density at radius 1 is 1.60 bits per heavy atom. The highest BCUT2D eigenvalue weighted by Gasteiger charge is 2.17. The minimum absolute atomic E-state index is 0.0479. The van der Waals surface area contributed by atoms with Crippen LogP contribution >= 0.6 is 0 Å². The van der Waals surface area contributed by atoms with Crippen molar-refractivity contribution in [3.05, 3.63) is 39.4 Å². The molecule has 0 aliphatic carbocycles. The number of nitro groups is 1. The average molecular weight is 279 g/mol. The second kappa shape index (κ2) is 6.44. The molecule has 0 saturated carbocycles. The monoisotopic (exact) mass is 279 g/mol. The van der Waals surface area contributed by atoms with Gasteiger partial charge >= 0.3 is 0 Å². The third kappa shape index (κ3) is 3.52. The number of carbonyl (C=O) groups excluding carboxylic acids is 1. The van der Waals surface area contributed by atoms with Gasteiger partial charge in [-0.25, -0.2) is 0 Å². The lowest BCUT2D eigenvalue weighted by molar-refractivity contribution is -0.385. The van der Waals surface area contributed by atoms with E-state index in [0.29, 0.717) is 25.3 Å². The Balaban J connectivity index is 1.98. The Morgan fingerprint density at radius 3 is 3.05 bits per heavy atom. The van der Waals surface area contributed by atoms with Crippen molar-refractivity contribution in [2.75, 3.05) is 26.2 Å². The largest absolute Gasteiger partial charge is 0.374 e. The number of ether oxygens (including phenoxy) is 1. The molecule has 1 amide bonds. The molecule has 1 atom stereocenters. The molecule has 0 spiro atoms. The Labute approximate surface area is 116 Å². The molecule has 2 N–H and O–H groups in total. The van der Waals surface area contributed by atoms with Crippen LogP contribution in [0.1, 0.15) is 15.9 Å². The number of amides is 1. The van der Waals surface area contributed by atoms with Crippen molar-refractivity contribution in [2.24, 2.45) is 0 Å². The van der Waals surface area contributed by atoms with Gasteiger partial charge in [-0.15, -0.1) is 0 Å². The molecule has 0 radical (unpaired) electrons. The quantitative estimate of drug-likeness (QED) is 0.622. The molecular formula is C13H17N3O4. The Kier molecular flexibility index (Phi) is 4.65. The predicted octanol–water partition coefficient (Wildman–Crippen LogP) is 0.621. The number of benzene rings is 1. The third-order valence-electron chi connectivity index (χ3n) is 3.16. The summed E-state index contributed by atoms with van der Waals surface area (Å²) in [6.45, 7) is 4.15. The minimum Gasteiger partial charge on any atom is -0.374 e. The Bertz CT molecular complexity index is 512. The van der Waals surface area contributed by atoms with Crippen molar-refractivity contribution < 1.29 is 14.5 Å². The van der Waals surface area contributed by atoms with Crippen LogP contribution in [0.25, 0.3) is 0 Å². The number of morpholine rings is 1. The number of rotatable bonds is 4. The van der Waals surface area contributed by atoms with Gasteiger partial charge in [-0.2, -0.15) is 0 Å². The first-order chi connectivity index (χ1) is 9.58. The van der Waals surface area contributed by atoms with E-state index in [4.69, 9.17) is 4.74 Å². The lowest BCUT2D eigenvalue weighted by Gasteiger charge is -2.23. The molecule has 20 heavy (non-hydrogen) atoms. The summed E-state index contributed by atoms with van der Waals surface area (Å²) >= 11 is 0. The molecular weight excluding hydrogens is 262 g/mol. The number of carbonyl (C=O) groups is 1. The van der Waals surface area contributed by atoms with Gasteiger partial charge in [0.25, 0.3) is 11.6 Å². The van der Waals surface area contributed by atoms with Crippen LogP contribution in [0.4, 0.5) is 5.69 Å². The van der Waals surface area contributed by atoms with E-state index < -0.39 is 4.92 Å². The van der Waals surface area contributed by atoms with E-state index in [1.807, 2.05) is 0 Å². The highest BCUT2D eigenvalue weighted by Crippen LogP contribution is 2.19. The molecule has 1 aliphatic rings. The lowest BCUT2D eigenvalue weighted by atomic mass is 10.1. The van der Waals surface area contributed by atoms with Gasteiger partial charge in [-0.3, -0.25) is 14.9 Å². The minimum atomic E-state index is -0.486. The van der Waals surface area contributed by atoms with Crippen LogP contribution in [-0.2, 0) is 4.74 Å². The molecule has 0 bridgehead atoms. The van der Waals surface area contributed by atoms with E-state index >= 15 is 0 Å². The average Bonchev–Trinajstić information content (AvgIpc) is 2.46. The van der Waals surface area contributed by atoms with Crippen LogP contribution in [0.3, 0.4) is 0 Å². The van der Waals surface area contributed by atoms with E-state index in [9.17, 15) is 14.9 Å². The summed E-state index contributed by atoms with van der Waals surface area (Å²) < 4.78 is 5.46. The van der Waals surface area contributed by atoms with Crippen LogP contribution in [-0.4, -0.2) is 43.2 Å². The van der Waals surface area contributed by atoms with Crippen LogP contribution in [0, 0.1) is 17.0 Å². The fourth-order valence-corrected chi connectivity index (χ4v) is 2.01. The Morgan fingerprint density at radius 2 is 2.40 bits per heavy atom. The van der Waals surface area contributed by atoms with Gasteiger partial charge < -0.3 is 15.4 Å². The first-order valence-electron chi connectivity index (χ1n) is 6.43. The number of hydrogen-bond acceptors (Lipinski definition) is 5. The van der Waals surface area contributed by atoms with Crippen LogP contribution in [0.5, 0.6) is 0 Å². The van der Waals surface area contributed by atoms with Gasteiger partial charge in [-0.1, -0.05) is 6.07 Å². The molecule has 1 heterocycles. The van der Waals surface area contributed by atoms with Gasteiger partial charge in [-0.05, 0) is 13.0 Å². The van der Waals surface area contributed by atoms with Gasteiger partial charge in [0, 0.05) is 36.8 Å². The zero-order valence-corrected chi connectivity index (χ0v) is 11.2. The van der Waals surface area contributed by atoms with E-state index in [-0.39, 0.29) is 23.3 Å².